The van der Waals surface area contributed by atoms with Gasteiger partial charge >= 0.3 is 5.97 Å². The number of hydrogen-bond acceptors (Lipinski definition) is 4. The summed E-state index contributed by atoms with van der Waals surface area (Å²) in [5.74, 6) is -0.402. The van der Waals surface area contributed by atoms with E-state index in [9.17, 15) is 0 Å². The Morgan fingerprint density at radius 3 is 2.25 bits per heavy atom. The molecule has 0 unspecified atom stereocenters. The van der Waals surface area contributed by atoms with E-state index in [1.165, 1.54) is 17.3 Å². The molecule has 1 aromatic carbocycles. The van der Waals surface area contributed by atoms with Gasteiger partial charge in [-0.1, -0.05) is 42.1 Å². The molecular weight excluding hydrogens is 228 g/mol. The van der Waals surface area contributed by atoms with Gasteiger partial charge in [0, 0.05) is 5.75 Å². The Kier molecular flexibility index (Phi) is 7.92. The molecule has 0 spiro atoms. The molecule has 0 atom stereocenters. The smallest absolute Gasteiger partial charge is 0.329 e. The van der Waals surface area contributed by atoms with Crippen molar-refractivity contribution in [3.05, 3.63) is 35.9 Å². The van der Waals surface area contributed by atoms with Crippen molar-refractivity contribution < 1.29 is 15.0 Å². The Balaban J connectivity index is 0.000000385. The zero-order valence-electron chi connectivity index (χ0n) is 8.59. The van der Waals surface area contributed by atoms with E-state index in [1.54, 1.807) is 0 Å². The SMILES string of the molecule is N=C(N)SCc1ccccc1.O=C(O)CO. The van der Waals surface area contributed by atoms with Crippen molar-refractivity contribution in [1.29, 1.82) is 5.41 Å². The maximum Gasteiger partial charge on any atom is 0.329 e. The van der Waals surface area contributed by atoms with Crippen molar-refractivity contribution in [2.45, 2.75) is 5.75 Å². The summed E-state index contributed by atoms with van der Waals surface area (Å²) in [6.45, 7) is -0.778. The van der Waals surface area contributed by atoms with Gasteiger partial charge in [-0.3, -0.25) is 5.41 Å². The van der Waals surface area contributed by atoms with E-state index in [1.807, 2.05) is 30.3 Å². The summed E-state index contributed by atoms with van der Waals surface area (Å²) in [4.78, 5) is 9.12. The molecule has 0 aliphatic carbocycles. The van der Waals surface area contributed by atoms with Crippen molar-refractivity contribution in [1.82, 2.24) is 0 Å². The number of rotatable bonds is 3. The Hall–Kier alpha value is -1.53. The van der Waals surface area contributed by atoms with Crippen LogP contribution >= 0.6 is 11.8 Å². The summed E-state index contributed by atoms with van der Waals surface area (Å²) in [5.41, 5.74) is 6.39. The Bertz CT molecular complexity index is 330. The van der Waals surface area contributed by atoms with Gasteiger partial charge in [-0.05, 0) is 5.56 Å². The van der Waals surface area contributed by atoms with Crippen LogP contribution in [0.4, 0.5) is 0 Å². The second kappa shape index (κ2) is 8.75. The first-order valence-corrected chi connectivity index (χ1v) is 5.38. The van der Waals surface area contributed by atoms with Crippen LogP contribution in [0.3, 0.4) is 0 Å². The topological polar surface area (TPSA) is 107 Å². The predicted molar refractivity (Wildman–Crippen MR) is 64.4 cm³/mol. The molecule has 5 N–H and O–H groups in total. The van der Waals surface area contributed by atoms with E-state index < -0.39 is 12.6 Å². The number of carboxylic acids is 1. The summed E-state index contributed by atoms with van der Waals surface area (Å²) >= 11 is 1.35. The first kappa shape index (κ1) is 14.5. The zero-order chi connectivity index (χ0) is 12.4. The van der Waals surface area contributed by atoms with Crippen LogP contribution in [0.5, 0.6) is 0 Å². The third kappa shape index (κ3) is 9.04. The number of aliphatic hydroxyl groups is 1. The number of carbonyl (C=O) groups is 1. The molecule has 16 heavy (non-hydrogen) atoms. The second-order valence-electron chi connectivity index (χ2n) is 2.69. The lowest BCUT2D eigenvalue weighted by Crippen LogP contribution is -2.03. The van der Waals surface area contributed by atoms with Crippen molar-refractivity contribution >= 4 is 22.9 Å². The molecule has 1 rings (SSSR count). The van der Waals surface area contributed by atoms with Crippen LogP contribution in [0.2, 0.25) is 0 Å². The van der Waals surface area contributed by atoms with Gasteiger partial charge in [0.25, 0.3) is 0 Å². The molecular formula is C10H14N2O3S. The minimum atomic E-state index is -1.19. The Labute approximate surface area is 97.8 Å². The van der Waals surface area contributed by atoms with Crippen molar-refractivity contribution in [2.75, 3.05) is 6.61 Å². The Morgan fingerprint density at radius 1 is 1.38 bits per heavy atom. The monoisotopic (exact) mass is 242 g/mol. The maximum absolute atomic E-state index is 9.12. The van der Waals surface area contributed by atoms with E-state index >= 15 is 0 Å². The molecule has 0 heterocycles. The molecule has 0 saturated heterocycles. The van der Waals surface area contributed by atoms with E-state index in [-0.39, 0.29) is 5.17 Å². The highest BCUT2D eigenvalue weighted by Gasteiger charge is 1.92. The molecule has 5 nitrogen and oxygen atoms in total. The number of amidine groups is 1. The van der Waals surface area contributed by atoms with Crippen LogP contribution in [-0.2, 0) is 10.5 Å². The van der Waals surface area contributed by atoms with E-state index in [4.69, 9.17) is 26.2 Å². The van der Waals surface area contributed by atoms with Crippen LogP contribution < -0.4 is 5.73 Å². The summed E-state index contributed by atoms with van der Waals surface area (Å²) in [7, 11) is 0. The van der Waals surface area contributed by atoms with E-state index in [2.05, 4.69) is 0 Å². The fourth-order valence-electron chi connectivity index (χ4n) is 0.735. The van der Waals surface area contributed by atoms with Gasteiger partial charge < -0.3 is 15.9 Å². The number of carboxylic acid groups (broad SMARTS) is 1. The molecule has 0 saturated carbocycles. The third-order valence-electron chi connectivity index (χ3n) is 1.37. The quantitative estimate of drug-likeness (QED) is 0.465. The summed E-state index contributed by atoms with van der Waals surface area (Å²) in [5, 5.41) is 22.2. The summed E-state index contributed by atoms with van der Waals surface area (Å²) in [6.07, 6.45) is 0. The van der Waals surface area contributed by atoms with Crippen molar-refractivity contribution in [3.8, 4) is 0 Å². The number of nitrogens with two attached hydrogens (primary N) is 1. The number of hydrogen-bond donors (Lipinski definition) is 4. The number of benzene rings is 1. The highest BCUT2D eigenvalue weighted by Crippen LogP contribution is 2.09. The zero-order valence-corrected chi connectivity index (χ0v) is 9.41. The normalized spacial score (nSPS) is 8.81. The lowest BCUT2D eigenvalue weighted by molar-refractivity contribution is -0.140. The van der Waals surface area contributed by atoms with Gasteiger partial charge in [-0.15, -0.1) is 0 Å². The average Bonchev–Trinajstić information content (AvgIpc) is 2.28. The first-order valence-electron chi connectivity index (χ1n) is 4.39. The first-order chi connectivity index (χ1) is 7.56. The van der Waals surface area contributed by atoms with Crippen LogP contribution in [0.15, 0.2) is 30.3 Å². The number of nitrogens with one attached hydrogen (secondary N) is 1. The molecule has 0 fully saturated rings. The van der Waals surface area contributed by atoms with Gasteiger partial charge in [-0.2, -0.15) is 0 Å². The highest BCUT2D eigenvalue weighted by atomic mass is 32.2. The van der Waals surface area contributed by atoms with Crippen molar-refractivity contribution in [2.24, 2.45) is 5.73 Å². The van der Waals surface area contributed by atoms with Gasteiger partial charge in [0.05, 0.1) is 0 Å². The fourth-order valence-corrected chi connectivity index (χ4v) is 1.25. The van der Waals surface area contributed by atoms with Gasteiger partial charge in [0.15, 0.2) is 5.17 Å². The van der Waals surface area contributed by atoms with Gasteiger partial charge in [-0.25, -0.2) is 4.79 Å². The Morgan fingerprint density at radius 2 is 1.88 bits per heavy atom. The molecule has 88 valence electrons. The molecule has 1 aromatic rings. The highest BCUT2D eigenvalue weighted by molar-refractivity contribution is 8.13. The molecule has 0 radical (unpaired) electrons. The number of aliphatic carboxylic acids is 1. The minimum absolute atomic E-state index is 0.175. The minimum Gasteiger partial charge on any atom is -0.480 e. The molecule has 0 aromatic heterocycles. The number of thioether (sulfide) groups is 1. The van der Waals surface area contributed by atoms with E-state index in [0.29, 0.717) is 0 Å². The largest absolute Gasteiger partial charge is 0.480 e. The van der Waals surface area contributed by atoms with Gasteiger partial charge in [0.2, 0.25) is 0 Å². The fraction of sp³-hybridized carbons (Fsp3) is 0.200. The molecule has 0 bridgehead atoms. The maximum atomic E-state index is 9.12. The lowest BCUT2D eigenvalue weighted by atomic mass is 10.2. The standard InChI is InChI=1S/C8H10N2S.C2H4O3/c9-8(10)11-6-7-4-2-1-3-5-7;3-1-2(4)5/h1-5H,6H2,(H3,9,10);3H,1H2,(H,4,5). The lowest BCUT2D eigenvalue weighted by Gasteiger charge is -1.97. The van der Waals surface area contributed by atoms with Crippen LogP contribution in [0, 0.1) is 5.41 Å². The molecule has 0 aliphatic heterocycles. The average molecular weight is 242 g/mol. The third-order valence-corrected chi connectivity index (χ3v) is 2.16. The van der Waals surface area contributed by atoms with E-state index in [0.717, 1.165) is 5.75 Å². The summed E-state index contributed by atoms with van der Waals surface area (Å²) < 4.78 is 0. The molecule has 0 aliphatic rings. The van der Waals surface area contributed by atoms with Crippen molar-refractivity contribution in [3.63, 3.8) is 0 Å². The van der Waals surface area contributed by atoms with Gasteiger partial charge in [0.1, 0.15) is 6.61 Å². The van der Waals surface area contributed by atoms with Crippen LogP contribution in [0.1, 0.15) is 5.56 Å². The predicted octanol–water partition coefficient (Wildman–Crippen LogP) is 0.877. The second-order valence-corrected chi connectivity index (χ2v) is 3.71. The molecule has 6 heteroatoms. The van der Waals surface area contributed by atoms with Crippen LogP contribution in [-0.4, -0.2) is 28.0 Å². The molecule has 0 amide bonds. The number of aliphatic hydroxyl groups excluding tert-OH is 1. The van der Waals surface area contributed by atoms with Crippen LogP contribution in [0.25, 0.3) is 0 Å². The summed E-state index contributed by atoms with van der Waals surface area (Å²) in [6, 6.07) is 9.99.